The first-order valence-electron chi connectivity index (χ1n) is 8.82. The Kier molecular flexibility index (Phi) is 8.82. The molecule has 1 aliphatic heterocycles. The maximum atomic E-state index is 5.57. The standard InChI is InChI=1S/C19H31N3O2.HI/c1-6-20-18(22-11-10-19(3,4)14-22)21-13-15-8-9-16(24-7-2)17(12-15)23-5;/h8-9,12H,6-7,10-11,13-14H2,1-5H3,(H,20,21);1H. The van der Waals surface area contributed by atoms with Gasteiger partial charge >= 0.3 is 0 Å². The first kappa shape index (κ1) is 21.9. The van der Waals surface area contributed by atoms with E-state index in [0.29, 0.717) is 18.6 Å². The van der Waals surface area contributed by atoms with Crippen LogP contribution in [0.15, 0.2) is 23.2 Å². The van der Waals surface area contributed by atoms with E-state index in [1.807, 2.05) is 19.1 Å². The monoisotopic (exact) mass is 461 g/mol. The van der Waals surface area contributed by atoms with Crippen molar-refractivity contribution in [2.24, 2.45) is 10.4 Å². The zero-order chi connectivity index (χ0) is 17.6. The summed E-state index contributed by atoms with van der Waals surface area (Å²) in [6, 6.07) is 6.01. The van der Waals surface area contributed by atoms with Crippen LogP contribution < -0.4 is 14.8 Å². The number of benzene rings is 1. The van der Waals surface area contributed by atoms with Gasteiger partial charge in [-0.1, -0.05) is 19.9 Å². The molecule has 1 N–H and O–H groups in total. The third kappa shape index (κ3) is 6.24. The van der Waals surface area contributed by atoms with E-state index in [4.69, 9.17) is 14.5 Å². The fourth-order valence-electron chi connectivity index (χ4n) is 2.97. The largest absolute Gasteiger partial charge is 0.493 e. The predicted octanol–water partition coefficient (Wildman–Crippen LogP) is 3.91. The van der Waals surface area contributed by atoms with E-state index < -0.39 is 0 Å². The molecule has 142 valence electrons. The van der Waals surface area contributed by atoms with Gasteiger partial charge < -0.3 is 19.7 Å². The number of nitrogens with one attached hydrogen (secondary N) is 1. The summed E-state index contributed by atoms with van der Waals surface area (Å²) in [6.45, 7) is 12.9. The van der Waals surface area contributed by atoms with Gasteiger partial charge in [0.05, 0.1) is 20.3 Å². The van der Waals surface area contributed by atoms with Crippen molar-refractivity contribution >= 4 is 29.9 Å². The maximum absolute atomic E-state index is 5.57. The van der Waals surface area contributed by atoms with Crippen molar-refractivity contribution in [3.63, 3.8) is 0 Å². The lowest BCUT2D eigenvalue weighted by molar-refractivity contribution is 0.310. The molecule has 1 fully saturated rings. The number of halogens is 1. The van der Waals surface area contributed by atoms with Crippen molar-refractivity contribution in [1.29, 1.82) is 0 Å². The van der Waals surface area contributed by atoms with E-state index in [0.717, 1.165) is 42.7 Å². The zero-order valence-corrected chi connectivity index (χ0v) is 18.4. The molecule has 0 saturated carbocycles. The number of nitrogens with zero attached hydrogens (tertiary/aromatic N) is 2. The molecule has 0 unspecified atom stereocenters. The summed E-state index contributed by atoms with van der Waals surface area (Å²) < 4.78 is 11.0. The fourth-order valence-corrected chi connectivity index (χ4v) is 2.97. The number of guanidine groups is 1. The van der Waals surface area contributed by atoms with Gasteiger partial charge in [-0.2, -0.15) is 0 Å². The normalized spacial score (nSPS) is 16.4. The third-order valence-electron chi connectivity index (χ3n) is 4.25. The van der Waals surface area contributed by atoms with Crippen LogP contribution in [0.3, 0.4) is 0 Å². The topological polar surface area (TPSA) is 46.1 Å². The number of ether oxygens (including phenoxy) is 2. The number of methoxy groups -OCH3 is 1. The van der Waals surface area contributed by atoms with Crippen LogP contribution in [-0.2, 0) is 6.54 Å². The van der Waals surface area contributed by atoms with Crippen LogP contribution in [0.5, 0.6) is 11.5 Å². The van der Waals surface area contributed by atoms with Crippen LogP contribution in [0.2, 0.25) is 0 Å². The first-order valence-corrected chi connectivity index (χ1v) is 8.82. The Labute approximate surface area is 169 Å². The molecule has 0 aliphatic carbocycles. The third-order valence-corrected chi connectivity index (χ3v) is 4.25. The number of aliphatic imine (C=N–C) groups is 1. The summed E-state index contributed by atoms with van der Waals surface area (Å²) in [5.41, 5.74) is 1.47. The lowest BCUT2D eigenvalue weighted by Gasteiger charge is -2.23. The van der Waals surface area contributed by atoms with Gasteiger partial charge in [-0.05, 0) is 43.4 Å². The van der Waals surface area contributed by atoms with Crippen LogP contribution in [0, 0.1) is 5.41 Å². The predicted molar refractivity (Wildman–Crippen MR) is 114 cm³/mol. The highest BCUT2D eigenvalue weighted by Crippen LogP contribution is 2.30. The van der Waals surface area contributed by atoms with Crippen molar-refractivity contribution < 1.29 is 9.47 Å². The van der Waals surface area contributed by atoms with Gasteiger partial charge in [0, 0.05) is 19.6 Å². The second kappa shape index (κ2) is 10.1. The van der Waals surface area contributed by atoms with Gasteiger partial charge in [0.2, 0.25) is 0 Å². The zero-order valence-electron chi connectivity index (χ0n) is 16.1. The van der Waals surface area contributed by atoms with E-state index in [9.17, 15) is 0 Å². The van der Waals surface area contributed by atoms with Crippen LogP contribution in [0.25, 0.3) is 0 Å². The van der Waals surface area contributed by atoms with E-state index in [2.05, 4.69) is 37.1 Å². The summed E-state index contributed by atoms with van der Waals surface area (Å²) in [4.78, 5) is 7.17. The SMILES string of the molecule is CCNC(=NCc1ccc(OCC)c(OC)c1)N1CCC(C)(C)C1.I. The molecule has 0 bridgehead atoms. The van der Waals surface area contributed by atoms with Crippen molar-refractivity contribution in [3.8, 4) is 11.5 Å². The Hall–Kier alpha value is -1.18. The molecule has 0 atom stereocenters. The van der Waals surface area contributed by atoms with Gasteiger partial charge in [-0.15, -0.1) is 24.0 Å². The van der Waals surface area contributed by atoms with E-state index in [1.54, 1.807) is 7.11 Å². The van der Waals surface area contributed by atoms with Gasteiger partial charge in [-0.25, -0.2) is 4.99 Å². The number of hydrogen-bond donors (Lipinski definition) is 1. The lowest BCUT2D eigenvalue weighted by atomic mass is 9.93. The molecule has 0 aromatic heterocycles. The van der Waals surface area contributed by atoms with Crippen LogP contribution in [0.1, 0.15) is 39.7 Å². The minimum absolute atomic E-state index is 0. The number of rotatable bonds is 6. The summed E-state index contributed by atoms with van der Waals surface area (Å²) >= 11 is 0. The van der Waals surface area contributed by atoms with Crippen molar-refractivity contribution in [2.45, 2.75) is 40.7 Å². The van der Waals surface area contributed by atoms with Crippen molar-refractivity contribution in [1.82, 2.24) is 10.2 Å². The summed E-state index contributed by atoms with van der Waals surface area (Å²) in [6.07, 6.45) is 1.20. The second-order valence-electron chi connectivity index (χ2n) is 6.92. The van der Waals surface area contributed by atoms with Gasteiger partial charge in [0.15, 0.2) is 17.5 Å². The second-order valence-corrected chi connectivity index (χ2v) is 6.92. The molecule has 6 heteroatoms. The van der Waals surface area contributed by atoms with Gasteiger partial charge in [0.25, 0.3) is 0 Å². The van der Waals surface area contributed by atoms with Gasteiger partial charge in [0.1, 0.15) is 0 Å². The quantitative estimate of drug-likeness (QED) is 0.397. The molecule has 1 saturated heterocycles. The molecule has 25 heavy (non-hydrogen) atoms. The Morgan fingerprint density at radius 3 is 2.60 bits per heavy atom. The van der Waals surface area contributed by atoms with Crippen LogP contribution in [-0.4, -0.2) is 44.2 Å². The minimum Gasteiger partial charge on any atom is -0.493 e. The molecular weight excluding hydrogens is 429 g/mol. The van der Waals surface area contributed by atoms with E-state index in [-0.39, 0.29) is 24.0 Å². The molecule has 0 radical (unpaired) electrons. The molecule has 0 amide bonds. The molecule has 1 aromatic carbocycles. The molecule has 0 spiro atoms. The minimum atomic E-state index is 0. The highest BCUT2D eigenvalue weighted by Gasteiger charge is 2.30. The summed E-state index contributed by atoms with van der Waals surface area (Å²) in [7, 11) is 1.67. The lowest BCUT2D eigenvalue weighted by Crippen LogP contribution is -2.40. The maximum Gasteiger partial charge on any atom is 0.194 e. The summed E-state index contributed by atoms with van der Waals surface area (Å²) in [5, 5.41) is 3.41. The highest BCUT2D eigenvalue weighted by molar-refractivity contribution is 14.0. The Balaban J connectivity index is 0.00000312. The molecular formula is C19H32IN3O2. The average Bonchev–Trinajstić information content (AvgIpc) is 2.92. The van der Waals surface area contributed by atoms with Crippen LogP contribution >= 0.6 is 24.0 Å². The average molecular weight is 461 g/mol. The summed E-state index contributed by atoms with van der Waals surface area (Å²) in [5.74, 6) is 2.54. The molecule has 1 aliphatic rings. The molecule has 2 rings (SSSR count). The highest BCUT2D eigenvalue weighted by atomic mass is 127. The van der Waals surface area contributed by atoms with E-state index in [1.165, 1.54) is 6.42 Å². The first-order chi connectivity index (χ1) is 11.5. The molecule has 1 heterocycles. The van der Waals surface area contributed by atoms with Gasteiger partial charge in [-0.3, -0.25) is 0 Å². The smallest absolute Gasteiger partial charge is 0.194 e. The fraction of sp³-hybridized carbons (Fsp3) is 0.632. The molecule has 5 nitrogen and oxygen atoms in total. The number of hydrogen-bond acceptors (Lipinski definition) is 3. The van der Waals surface area contributed by atoms with E-state index >= 15 is 0 Å². The van der Waals surface area contributed by atoms with Crippen molar-refractivity contribution in [2.75, 3.05) is 33.4 Å². The number of likely N-dealkylation sites (tertiary alicyclic amines) is 1. The van der Waals surface area contributed by atoms with Crippen LogP contribution in [0.4, 0.5) is 0 Å². The Bertz CT molecular complexity index is 576. The molecule has 1 aromatic rings. The Morgan fingerprint density at radius 1 is 1.28 bits per heavy atom. The van der Waals surface area contributed by atoms with Crippen molar-refractivity contribution in [3.05, 3.63) is 23.8 Å². The Morgan fingerprint density at radius 2 is 2.04 bits per heavy atom.